The average molecular weight is 500 g/mol. The van der Waals surface area contributed by atoms with E-state index in [0.29, 0.717) is 35.5 Å². The number of carbonyl (C=O) groups is 2. The number of nitrogens with zero attached hydrogens (tertiary/aromatic N) is 1. The van der Waals surface area contributed by atoms with E-state index in [1.165, 1.54) is 11.3 Å². The highest BCUT2D eigenvalue weighted by Gasteiger charge is 2.28. The summed E-state index contributed by atoms with van der Waals surface area (Å²) in [6, 6.07) is 18.8. The van der Waals surface area contributed by atoms with Gasteiger partial charge in [-0.3, -0.25) is 9.59 Å². The van der Waals surface area contributed by atoms with Gasteiger partial charge in [-0.2, -0.15) is 0 Å². The molecule has 1 aliphatic rings. The molecular weight excluding hydrogens is 474 g/mol. The van der Waals surface area contributed by atoms with E-state index in [0.717, 1.165) is 26.9 Å². The molecule has 1 amide bonds. The molecular formula is C29H25NO5S. The standard InChI is InChI=1S/C29H25NO5S/c1-17(2)29(34)30-14-13-23(16-30)35-22-10-5-18(6-11-22)27(33)26-24-12-9-21(32)15-25(24)36-28(26)19-3-7-20(31)8-4-19/h3-12,15,23,31-32H,1,13-14,16H2,2H3/t23-/m1/s1. The lowest BCUT2D eigenvalue weighted by atomic mass is 9.97. The van der Waals surface area contributed by atoms with Crippen molar-refractivity contribution in [2.24, 2.45) is 0 Å². The van der Waals surface area contributed by atoms with Crippen LogP contribution in [0.15, 0.2) is 78.9 Å². The molecule has 3 aromatic carbocycles. The summed E-state index contributed by atoms with van der Waals surface area (Å²) in [6.07, 6.45) is 0.633. The molecule has 0 spiro atoms. The maximum absolute atomic E-state index is 13.7. The van der Waals surface area contributed by atoms with Gasteiger partial charge in [-0.15, -0.1) is 11.3 Å². The van der Waals surface area contributed by atoms with Crippen LogP contribution in [0.1, 0.15) is 29.3 Å². The molecule has 0 bridgehead atoms. The van der Waals surface area contributed by atoms with E-state index < -0.39 is 0 Å². The van der Waals surface area contributed by atoms with Crippen LogP contribution in [0.3, 0.4) is 0 Å². The Balaban J connectivity index is 1.41. The molecule has 2 heterocycles. The van der Waals surface area contributed by atoms with Crippen LogP contribution in [-0.4, -0.2) is 46.0 Å². The van der Waals surface area contributed by atoms with Crippen LogP contribution in [0.4, 0.5) is 0 Å². The van der Waals surface area contributed by atoms with Gasteiger partial charge in [0.15, 0.2) is 5.78 Å². The maximum atomic E-state index is 13.7. The van der Waals surface area contributed by atoms with Crippen LogP contribution in [-0.2, 0) is 4.79 Å². The molecule has 182 valence electrons. The number of ether oxygens (including phenoxy) is 1. The Hall–Kier alpha value is -4.10. The van der Waals surface area contributed by atoms with Gasteiger partial charge in [0, 0.05) is 44.6 Å². The predicted molar refractivity (Wildman–Crippen MR) is 141 cm³/mol. The van der Waals surface area contributed by atoms with Gasteiger partial charge in [0.2, 0.25) is 5.91 Å². The van der Waals surface area contributed by atoms with E-state index in [1.54, 1.807) is 78.6 Å². The molecule has 7 heteroatoms. The second-order valence-electron chi connectivity index (χ2n) is 8.95. The van der Waals surface area contributed by atoms with Gasteiger partial charge < -0.3 is 19.8 Å². The number of aromatic hydroxyl groups is 2. The highest BCUT2D eigenvalue weighted by molar-refractivity contribution is 7.22. The Morgan fingerprint density at radius 1 is 1.00 bits per heavy atom. The molecule has 0 unspecified atom stereocenters. The first-order valence-electron chi connectivity index (χ1n) is 11.6. The SMILES string of the molecule is C=C(C)C(=O)N1CC[C@@H](Oc2ccc(C(=O)c3c(-c4ccc(O)cc4)sc4cc(O)ccc34)cc2)C1. The molecule has 0 radical (unpaired) electrons. The minimum absolute atomic E-state index is 0.0530. The summed E-state index contributed by atoms with van der Waals surface area (Å²) in [7, 11) is 0. The van der Waals surface area contributed by atoms with E-state index in [1.807, 2.05) is 0 Å². The molecule has 1 fully saturated rings. The number of rotatable bonds is 6. The van der Waals surface area contributed by atoms with Crippen molar-refractivity contribution in [3.63, 3.8) is 0 Å². The Kier molecular flexibility index (Phi) is 6.24. The van der Waals surface area contributed by atoms with Crippen LogP contribution >= 0.6 is 11.3 Å². The van der Waals surface area contributed by atoms with E-state index in [4.69, 9.17) is 4.74 Å². The summed E-state index contributed by atoms with van der Waals surface area (Å²) >= 11 is 1.42. The first-order chi connectivity index (χ1) is 17.3. The fraction of sp³-hybridized carbons (Fsp3) is 0.172. The number of fused-ring (bicyclic) bond motifs is 1. The molecule has 1 aliphatic heterocycles. The Labute approximate surface area is 212 Å². The van der Waals surface area contributed by atoms with Crippen LogP contribution < -0.4 is 4.74 Å². The summed E-state index contributed by atoms with van der Waals surface area (Å²) in [5, 5.41) is 20.4. The zero-order chi connectivity index (χ0) is 25.4. The van der Waals surface area contributed by atoms with Gasteiger partial charge in [-0.05, 0) is 79.2 Å². The second kappa shape index (κ2) is 9.51. The Morgan fingerprint density at radius 3 is 2.39 bits per heavy atom. The van der Waals surface area contributed by atoms with Gasteiger partial charge in [0.1, 0.15) is 23.4 Å². The molecule has 0 saturated carbocycles. The fourth-order valence-electron chi connectivity index (χ4n) is 4.43. The number of likely N-dealkylation sites (tertiary alicyclic amines) is 1. The molecule has 5 rings (SSSR count). The number of hydrogen-bond donors (Lipinski definition) is 2. The zero-order valence-corrected chi connectivity index (χ0v) is 20.5. The molecule has 1 saturated heterocycles. The van der Waals surface area contributed by atoms with Crippen molar-refractivity contribution >= 4 is 33.1 Å². The summed E-state index contributed by atoms with van der Waals surface area (Å²) in [4.78, 5) is 28.4. The van der Waals surface area contributed by atoms with Crippen molar-refractivity contribution in [1.29, 1.82) is 0 Å². The third kappa shape index (κ3) is 4.57. The third-order valence-corrected chi connectivity index (χ3v) is 7.45. The molecule has 4 aromatic rings. The quantitative estimate of drug-likeness (QED) is 0.260. The molecule has 36 heavy (non-hydrogen) atoms. The minimum atomic E-state index is -0.138. The smallest absolute Gasteiger partial charge is 0.249 e. The number of thiophene rings is 1. The fourth-order valence-corrected chi connectivity index (χ4v) is 5.67. The van der Waals surface area contributed by atoms with E-state index in [9.17, 15) is 19.8 Å². The average Bonchev–Trinajstić information content (AvgIpc) is 3.48. The normalized spacial score (nSPS) is 15.2. The van der Waals surface area contributed by atoms with Gasteiger partial charge >= 0.3 is 0 Å². The summed E-state index contributed by atoms with van der Waals surface area (Å²) in [6.45, 7) is 6.57. The van der Waals surface area contributed by atoms with Crippen molar-refractivity contribution in [2.75, 3.05) is 13.1 Å². The highest BCUT2D eigenvalue weighted by Crippen LogP contribution is 2.41. The van der Waals surface area contributed by atoms with Crippen molar-refractivity contribution in [3.05, 3.63) is 90.0 Å². The molecule has 2 N–H and O–H groups in total. The highest BCUT2D eigenvalue weighted by atomic mass is 32.1. The van der Waals surface area contributed by atoms with E-state index in [2.05, 4.69) is 6.58 Å². The van der Waals surface area contributed by atoms with Gasteiger partial charge in [-0.1, -0.05) is 6.58 Å². The number of amides is 1. The topological polar surface area (TPSA) is 87.1 Å². The van der Waals surface area contributed by atoms with E-state index in [-0.39, 0.29) is 29.3 Å². The molecule has 1 atom stereocenters. The summed E-state index contributed by atoms with van der Waals surface area (Å²) in [5.41, 5.74) is 2.40. The molecule has 6 nitrogen and oxygen atoms in total. The van der Waals surface area contributed by atoms with Gasteiger partial charge in [0.05, 0.1) is 6.54 Å². The first kappa shape index (κ1) is 23.6. The monoisotopic (exact) mass is 499 g/mol. The number of carbonyl (C=O) groups excluding carboxylic acids is 2. The van der Waals surface area contributed by atoms with Crippen molar-refractivity contribution in [2.45, 2.75) is 19.4 Å². The van der Waals surface area contributed by atoms with Crippen molar-refractivity contribution in [1.82, 2.24) is 4.90 Å². The lowest BCUT2D eigenvalue weighted by Gasteiger charge is -2.17. The number of benzene rings is 3. The van der Waals surface area contributed by atoms with E-state index >= 15 is 0 Å². The van der Waals surface area contributed by atoms with Crippen LogP contribution in [0, 0.1) is 0 Å². The Morgan fingerprint density at radius 2 is 1.69 bits per heavy atom. The molecule has 1 aromatic heterocycles. The van der Waals surface area contributed by atoms with Crippen LogP contribution in [0.5, 0.6) is 17.2 Å². The number of hydrogen-bond acceptors (Lipinski definition) is 6. The molecule has 0 aliphatic carbocycles. The number of phenols is 2. The van der Waals surface area contributed by atoms with Gasteiger partial charge in [-0.25, -0.2) is 0 Å². The lowest BCUT2D eigenvalue weighted by molar-refractivity contribution is -0.126. The first-order valence-corrected chi connectivity index (χ1v) is 12.4. The zero-order valence-electron chi connectivity index (χ0n) is 19.7. The number of ketones is 1. The Bertz CT molecular complexity index is 1470. The number of phenolic OH excluding ortho intramolecular Hbond substituents is 2. The third-order valence-electron chi connectivity index (χ3n) is 6.25. The predicted octanol–water partition coefficient (Wildman–Crippen LogP) is 5.77. The van der Waals surface area contributed by atoms with Gasteiger partial charge in [0.25, 0.3) is 0 Å². The summed E-state index contributed by atoms with van der Waals surface area (Å²) < 4.78 is 6.87. The van der Waals surface area contributed by atoms with Crippen molar-refractivity contribution in [3.8, 4) is 27.7 Å². The lowest BCUT2D eigenvalue weighted by Crippen LogP contribution is -2.31. The largest absolute Gasteiger partial charge is 0.508 e. The second-order valence-corrected chi connectivity index (χ2v) is 10.00. The summed E-state index contributed by atoms with van der Waals surface area (Å²) in [5.74, 6) is 0.732. The van der Waals surface area contributed by atoms with Crippen LogP contribution in [0.2, 0.25) is 0 Å². The van der Waals surface area contributed by atoms with Crippen molar-refractivity contribution < 1.29 is 24.5 Å². The maximum Gasteiger partial charge on any atom is 0.249 e. The minimum Gasteiger partial charge on any atom is -0.508 e. The van der Waals surface area contributed by atoms with Crippen LogP contribution in [0.25, 0.3) is 20.5 Å².